The smallest absolute Gasteiger partial charge is 0.194 e. The second kappa shape index (κ2) is 8.44. The van der Waals surface area contributed by atoms with Crippen LogP contribution in [0, 0.1) is 13.8 Å². The second-order valence-corrected chi connectivity index (χ2v) is 9.71. The van der Waals surface area contributed by atoms with Crippen LogP contribution in [-0.4, -0.2) is 39.7 Å². The van der Waals surface area contributed by atoms with Gasteiger partial charge in [-0.25, -0.2) is 0 Å². The Labute approximate surface area is 218 Å². The van der Waals surface area contributed by atoms with E-state index in [1.54, 1.807) is 20.1 Å². The van der Waals surface area contributed by atoms with Crippen LogP contribution in [0.1, 0.15) is 48.0 Å². The highest BCUT2D eigenvalue weighted by Crippen LogP contribution is 2.57. The third-order valence-electron chi connectivity index (χ3n) is 7.21. The molecule has 3 N–H and O–H groups in total. The largest absolute Gasteiger partial charge is 0.507 e. The van der Waals surface area contributed by atoms with Gasteiger partial charge in [-0.05, 0) is 52.8 Å². The number of rotatable bonds is 4. The lowest BCUT2D eigenvalue weighted by Crippen LogP contribution is -2.40. The zero-order chi connectivity index (χ0) is 27.7. The molecule has 1 aliphatic carbocycles. The fraction of sp³-hybridized carbons (Fsp3) is 0.241. The molecule has 9 nitrogen and oxygen atoms in total. The summed E-state index contributed by atoms with van der Waals surface area (Å²) < 4.78 is 11.3. The molecule has 0 fully saturated rings. The molecule has 1 aromatic heterocycles. The number of methoxy groups -OCH3 is 1. The summed E-state index contributed by atoms with van der Waals surface area (Å²) in [6, 6.07) is 7.23. The molecule has 2 aliphatic rings. The number of pyridine rings is 1. The fourth-order valence-corrected chi connectivity index (χ4v) is 5.21. The molecule has 1 aliphatic heterocycles. The number of allylic oxidation sites excluding steroid dienone is 4. The molecular weight excluding hydrogens is 488 g/mol. The lowest BCUT2D eigenvalue weighted by Gasteiger charge is -2.29. The summed E-state index contributed by atoms with van der Waals surface area (Å²) >= 11 is 0. The van der Waals surface area contributed by atoms with Crippen molar-refractivity contribution in [2.75, 3.05) is 12.4 Å². The highest BCUT2D eigenvalue weighted by molar-refractivity contribution is 6.31. The Hall–Kier alpha value is -4.66. The van der Waals surface area contributed by atoms with E-state index in [9.17, 15) is 24.6 Å². The van der Waals surface area contributed by atoms with Crippen molar-refractivity contribution in [3.8, 4) is 23.0 Å². The van der Waals surface area contributed by atoms with E-state index in [1.165, 1.54) is 26.8 Å². The molecule has 0 amide bonds. The molecule has 1 atom stereocenters. The fourth-order valence-electron chi connectivity index (χ4n) is 5.21. The van der Waals surface area contributed by atoms with Gasteiger partial charge in [-0.3, -0.25) is 19.4 Å². The number of carbonyl (C=O) groups excluding carboxylic acids is 3. The van der Waals surface area contributed by atoms with Crippen molar-refractivity contribution >= 4 is 33.9 Å². The Bertz CT molecular complexity index is 1680. The second-order valence-electron chi connectivity index (χ2n) is 9.71. The Balaban J connectivity index is 1.63. The van der Waals surface area contributed by atoms with Crippen LogP contribution in [0.4, 0.5) is 5.69 Å². The molecular formula is C29H26N2O7. The number of hydrogen-bond acceptors (Lipinski definition) is 9. The number of Topliss-reactive ketones (excluding diaryl/α,β-unsaturated/α-hetero) is 2. The van der Waals surface area contributed by atoms with Gasteiger partial charge in [0.25, 0.3) is 0 Å². The van der Waals surface area contributed by atoms with Crippen LogP contribution in [0.15, 0.2) is 47.4 Å². The van der Waals surface area contributed by atoms with Gasteiger partial charge in [0, 0.05) is 40.2 Å². The van der Waals surface area contributed by atoms with Crippen molar-refractivity contribution < 1.29 is 34.1 Å². The van der Waals surface area contributed by atoms with Crippen molar-refractivity contribution in [2.24, 2.45) is 0 Å². The molecule has 0 spiro atoms. The van der Waals surface area contributed by atoms with Crippen molar-refractivity contribution in [1.29, 1.82) is 0 Å². The SMILES string of the molecule is COc1cc(C)nc2ccc(NC(C)=C3C(=O)C=C4Oc5c(C(C)=O)c(O)c(C)c(O)c5[C@@]4(C)C3=O)cc12. The van der Waals surface area contributed by atoms with E-state index in [1.807, 2.05) is 25.1 Å². The zero-order valence-electron chi connectivity index (χ0n) is 21.8. The average Bonchev–Trinajstić information content (AvgIpc) is 3.15. The van der Waals surface area contributed by atoms with E-state index in [0.717, 1.165) is 16.6 Å². The molecule has 5 rings (SSSR count). The third kappa shape index (κ3) is 3.38. The van der Waals surface area contributed by atoms with E-state index in [2.05, 4.69) is 10.3 Å². The Morgan fingerprint density at radius 2 is 1.82 bits per heavy atom. The average molecular weight is 515 g/mol. The molecule has 0 bridgehead atoms. The lowest BCUT2D eigenvalue weighted by molar-refractivity contribution is -0.123. The van der Waals surface area contributed by atoms with Crippen LogP contribution < -0.4 is 14.8 Å². The molecule has 2 heterocycles. The minimum atomic E-state index is -1.58. The zero-order valence-corrected chi connectivity index (χ0v) is 21.8. The normalized spacial score (nSPS) is 19.5. The third-order valence-corrected chi connectivity index (χ3v) is 7.21. The van der Waals surface area contributed by atoms with Crippen LogP contribution in [0.25, 0.3) is 10.9 Å². The number of phenolic OH excluding ortho intramolecular Hbond substituents is 2. The number of aryl methyl sites for hydroxylation is 1. The Morgan fingerprint density at radius 1 is 1.11 bits per heavy atom. The molecule has 0 saturated carbocycles. The van der Waals surface area contributed by atoms with Crippen LogP contribution in [0.2, 0.25) is 0 Å². The van der Waals surface area contributed by atoms with Gasteiger partial charge in [0.15, 0.2) is 17.3 Å². The predicted octanol–water partition coefficient (Wildman–Crippen LogP) is 4.55. The van der Waals surface area contributed by atoms with Crippen molar-refractivity contribution in [2.45, 2.75) is 40.0 Å². The maximum atomic E-state index is 14.0. The van der Waals surface area contributed by atoms with Gasteiger partial charge in [-0.15, -0.1) is 0 Å². The summed E-state index contributed by atoms with van der Waals surface area (Å²) in [7, 11) is 1.57. The molecule has 0 unspecified atom stereocenters. The highest BCUT2D eigenvalue weighted by Gasteiger charge is 2.56. The number of phenols is 2. The first-order chi connectivity index (χ1) is 17.9. The first-order valence-electron chi connectivity index (χ1n) is 11.9. The number of nitrogens with zero attached hydrogens (tertiary/aromatic N) is 1. The molecule has 0 radical (unpaired) electrons. The van der Waals surface area contributed by atoms with Crippen LogP contribution in [-0.2, 0) is 15.0 Å². The van der Waals surface area contributed by atoms with Crippen molar-refractivity contribution in [3.05, 3.63) is 69.8 Å². The van der Waals surface area contributed by atoms with Crippen LogP contribution >= 0.6 is 0 Å². The monoisotopic (exact) mass is 514 g/mol. The minimum absolute atomic E-state index is 0.0151. The summed E-state index contributed by atoms with van der Waals surface area (Å²) in [6.07, 6.45) is 1.19. The molecule has 9 heteroatoms. The van der Waals surface area contributed by atoms with Gasteiger partial charge >= 0.3 is 0 Å². The number of carbonyl (C=O) groups is 3. The van der Waals surface area contributed by atoms with E-state index >= 15 is 0 Å². The number of ether oxygens (including phenoxy) is 2. The number of benzene rings is 2. The minimum Gasteiger partial charge on any atom is -0.507 e. The highest BCUT2D eigenvalue weighted by atomic mass is 16.5. The quantitative estimate of drug-likeness (QED) is 0.260. The standard InChI is InChI=1S/C29H26N2O7/c1-12-9-20(37-6)17-10-16(7-8-18(17)30-12)31-14(3)22-19(33)11-21-29(5,28(22)36)24-26(35)13(2)25(34)23(15(4)32)27(24)38-21/h7-11,31,34-35H,1-6H3/t29-/m0/s1. The van der Waals surface area contributed by atoms with Gasteiger partial charge in [0.2, 0.25) is 0 Å². The Morgan fingerprint density at radius 3 is 2.47 bits per heavy atom. The van der Waals surface area contributed by atoms with Gasteiger partial charge in [-0.1, -0.05) is 0 Å². The summed E-state index contributed by atoms with van der Waals surface area (Å²) in [5, 5.41) is 25.4. The predicted molar refractivity (Wildman–Crippen MR) is 140 cm³/mol. The molecule has 2 aromatic carbocycles. The number of aromatic hydroxyl groups is 2. The number of ketones is 3. The number of hydrogen-bond donors (Lipinski definition) is 3. The van der Waals surface area contributed by atoms with E-state index in [0.29, 0.717) is 17.1 Å². The maximum Gasteiger partial charge on any atom is 0.194 e. The van der Waals surface area contributed by atoms with Crippen LogP contribution in [0.5, 0.6) is 23.0 Å². The van der Waals surface area contributed by atoms with Crippen molar-refractivity contribution in [3.63, 3.8) is 0 Å². The van der Waals surface area contributed by atoms with E-state index < -0.39 is 28.5 Å². The summed E-state index contributed by atoms with van der Waals surface area (Å²) in [4.78, 5) is 44.0. The summed E-state index contributed by atoms with van der Waals surface area (Å²) in [6.45, 7) is 7.70. The van der Waals surface area contributed by atoms with E-state index in [-0.39, 0.29) is 39.5 Å². The molecule has 0 saturated heterocycles. The maximum absolute atomic E-state index is 14.0. The van der Waals surface area contributed by atoms with E-state index in [4.69, 9.17) is 9.47 Å². The molecule has 38 heavy (non-hydrogen) atoms. The Kier molecular flexibility index (Phi) is 5.56. The number of aromatic nitrogens is 1. The number of anilines is 1. The molecule has 3 aromatic rings. The molecule has 194 valence electrons. The van der Waals surface area contributed by atoms with Crippen molar-refractivity contribution in [1.82, 2.24) is 4.98 Å². The lowest BCUT2D eigenvalue weighted by atomic mass is 9.70. The van der Waals surface area contributed by atoms with Gasteiger partial charge < -0.3 is 25.0 Å². The van der Waals surface area contributed by atoms with Gasteiger partial charge in [-0.2, -0.15) is 0 Å². The number of fused-ring (bicyclic) bond motifs is 4. The first-order valence-corrected chi connectivity index (χ1v) is 11.9. The van der Waals surface area contributed by atoms with Gasteiger partial charge in [0.05, 0.1) is 23.8 Å². The number of nitrogens with one attached hydrogen (secondary N) is 1. The summed E-state index contributed by atoms with van der Waals surface area (Å²) in [5.41, 5.74) is 0.685. The topological polar surface area (TPSA) is 135 Å². The van der Waals surface area contributed by atoms with Crippen LogP contribution in [0.3, 0.4) is 0 Å². The summed E-state index contributed by atoms with van der Waals surface area (Å²) in [5.74, 6) is -1.99. The van der Waals surface area contributed by atoms with Gasteiger partial charge in [0.1, 0.15) is 39.7 Å². The first kappa shape index (κ1) is 25.0.